The van der Waals surface area contributed by atoms with Gasteiger partial charge in [-0.15, -0.1) is 0 Å². The molecule has 0 fully saturated rings. The van der Waals surface area contributed by atoms with Crippen LogP contribution in [0, 0.1) is 0 Å². The summed E-state index contributed by atoms with van der Waals surface area (Å²) < 4.78 is 44.9. The minimum Gasteiger partial charge on any atom is -0.487 e. The lowest BCUT2D eigenvalue weighted by Crippen LogP contribution is -2.16. The first kappa shape index (κ1) is 19.5. The third kappa shape index (κ3) is 5.36. The number of rotatable bonds is 6. The minimum atomic E-state index is -4.52. The van der Waals surface area contributed by atoms with E-state index in [4.69, 9.17) is 4.74 Å². The van der Waals surface area contributed by atoms with E-state index in [9.17, 15) is 18.0 Å². The van der Waals surface area contributed by atoms with Crippen LogP contribution in [0.25, 0.3) is 0 Å². The molecule has 0 aliphatic heterocycles. The summed E-state index contributed by atoms with van der Waals surface area (Å²) in [6.45, 7) is 0.174. The molecular formula is C22H18F3NO2. The molecule has 3 nitrogen and oxygen atoms in total. The molecule has 28 heavy (non-hydrogen) atoms. The van der Waals surface area contributed by atoms with Gasteiger partial charge < -0.3 is 10.1 Å². The van der Waals surface area contributed by atoms with Gasteiger partial charge in [-0.05, 0) is 29.3 Å². The summed E-state index contributed by atoms with van der Waals surface area (Å²) in [5.41, 5.74) is 0.768. The van der Waals surface area contributed by atoms with Gasteiger partial charge in [0.1, 0.15) is 12.4 Å². The minimum absolute atomic E-state index is 0.00770. The van der Waals surface area contributed by atoms with E-state index in [1.165, 1.54) is 6.07 Å². The van der Waals surface area contributed by atoms with Crippen molar-refractivity contribution in [3.8, 4) is 5.75 Å². The zero-order valence-electron chi connectivity index (χ0n) is 14.9. The van der Waals surface area contributed by atoms with Crippen LogP contribution in [-0.4, -0.2) is 5.91 Å². The number of amides is 1. The Morgan fingerprint density at radius 1 is 0.857 bits per heavy atom. The summed E-state index contributed by atoms with van der Waals surface area (Å²) in [6, 6.07) is 21.2. The van der Waals surface area contributed by atoms with Crippen molar-refractivity contribution < 1.29 is 22.7 Å². The summed E-state index contributed by atoms with van der Waals surface area (Å²) in [6.07, 6.45) is -4.47. The summed E-state index contributed by atoms with van der Waals surface area (Å²) in [4.78, 5) is 12.3. The lowest BCUT2D eigenvalue weighted by Gasteiger charge is -2.15. The number of alkyl halides is 3. The Hall–Kier alpha value is -3.28. The number of benzene rings is 3. The van der Waals surface area contributed by atoms with Crippen molar-refractivity contribution in [2.45, 2.75) is 19.2 Å². The van der Waals surface area contributed by atoms with Crippen LogP contribution in [0.1, 0.15) is 16.7 Å². The van der Waals surface area contributed by atoms with Crippen LogP contribution >= 0.6 is 0 Å². The molecule has 3 aromatic carbocycles. The zero-order chi connectivity index (χ0) is 20.0. The number of nitrogens with one attached hydrogen (secondary N) is 1. The average molecular weight is 385 g/mol. The molecule has 0 atom stereocenters. The van der Waals surface area contributed by atoms with E-state index in [-0.39, 0.29) is 24.5 Å². The van der Waals surface area contributed by atoms with Crippen LogP contribution in [0.5, 0.6) is 5.75 Å². The summed E-state index contributed by atoms with van der Waals surface area (Å²) in [5.74, 6) is -0.242. The fraction of sp³-hybridized carbons (Fsp3) is 0.136. The van der Waals surface area contributed by atoms with Crippen LogP contribution in [-0.2, 0) is 24.0 Å². The van der Waals surface area contributed by atoms with Crippen molar-refractivity contribution in [1.29, 1.82) is 0 Å². The predicted molar refractivity (Wildman–Crippen MR) is 101 cm³/mol. The highest BCUT2D eigenvalue weighted by atomic mass is 19.4. The van der Waals surface area contributed by atoms with Crippen LogP contribution < -0.4 is 10.1 Å². The first-order chi connectivity index (χ1) is 13.4. The highest BCUT2D eigenvalue weighted by molar-refractivity contribution is 5.93. The molecule has 0 aliphatic rings. The maximum atomic E-state index is 13.1. The molecule has 0 spiro atoms. The van der Waals surface area contributed by atoms with Crippen molar-refractivity contribution in [3.63, 3.8) is 0 Å². The fourth-order valence-corrected chi connectivity index (χ4v) is 2.64. The lowest BCUT2D eigenvalue weighted by molar-refractivity contribution is -0.137. The summed E-state index contributed by atoms with van der Waals surface area (Å²) in [5, 5.41) is 2.54. The van der Waals surface area contributed by atoms with E-state index in [1.54, 1.807) is 24.3 Å². The Labute approximate surface area is 160 Å². The molecule has 0 heterocycles. The second-order valence-electron chi connectivity index (χ2n) is 6.19. The van der Waals surface area contributed by atoms with Gasteiger partial charge in [-0.1, -0.05) is 60.7 Å². The molecule has 0 unspecified atom stereocenters. The van der Waals surface area contributed by atoms with Crippen LogP contribution in [0.2, 0.25) is 0 Å². The largest absolute Gasteiger partial charge is 0.487 e. The van der Waals surface area contributed by atoms with Gasteiger partial charge in [0, 0.05) is 0 Å². The van der Waals surface area contributed by atoms with Gasteiger partial charge in [0.05, 0.1) is 17.7 Å². The Balaban J connectivity index is 1.79. The second kappa shape index (κ2) is 8.61. The molecule has 6 heteroatoms. The molecule has 0 radical (unpaired) electrons. The SMILES string of the molecule is O=C(Cc1ccccc1)Nc1cc(C(F)(F)F)ccc1OCc1ccccc1. The number of hydrogen-bond donors (Lipinski definition) is 1. The highest BCUT2D eigenvalue weighted by Crippen LogP contribution is 2.35. The number of ether oxygens (including phenoxy) is 1. The van der Waals surface area contributed by atoms with Crippen LogP contribution in [0.3, 0.4) is 0 Å². The third-order valence-corrected chi connectivity index (χ3v) is 4.03. The number of carbonyl (C=O) groups excluding carboxylic acids is 1. The number of halogens is 3. The van der Waals surface area contributed by atoms with Gasteiger partial charge in [-0.2, -0.15) is 13.2 Å². The Bertz CT molecular complexity index is 926. The van der Waals surface area contributed by atoms with E-state index < -0.39 is 17.6 Å². The highest BCUT2D eigenvalue weighted by Gasteiger charge is 2.31. The first-order valence-electron chi connectivity index (χ1n) is 8.63. The predicted octanol–water partition coefficient (Wildman–Crippen LogP) is 5.47. The van der Waals surface area contributed by atoms with Crippen molar-refractivity contribution in [2.75, 3.05) is 5.32 Å². The smallest absolute Gasteiger partial charge is 0.416 e. The summed E-state index contributed by atoms with van der Waals surface area (Å²) >= 11 is 0. The normalized spacial score (nSPS) is 11.1. The lowest BCUT2D eigenvalue weighted by atomic mass is 10.1. The molecule has 1 N–H and O–H groups in total. The Morgan fingerprint density at radius 3 is 2.07 bits per heavy atom. The third-order valence-electron chi connectivity index (χ3n) is 4.03. The number of carbonyl (C=O) groups is 1. The van der Waals surface area contributed by atoms with Gasteiger partial charge in [0.15, 0.2) is 0 Å². The zero-order valence-corrected chi connectivity index (χ0v) is 14.9. The molecule has 144 valence electrons. The summed E-state index contributed by atoms with van der Waals surface area (Å²) in [7, 11) is 0. The molecule has 0 aliphatic carbocycles. The van der Waals surface area contributed by atoms with Gasteiger partial charge in [-0.3, -0.25) is 4.79 Å². The maximum absolute atomic E-state index is 13.1. The second-order valence-corrected chi connectivity index (χ2v) is 6.19. The van der Waals surface area contributed by atoms with Gasteiger partial charge in [0.2, 0.25) is 5.91 Å². The topological polar surface area (TPSA) is 38.3 Å². The van der Waals surface area contributed by atoms with Gasteiger partial charge in [0.25, 0.3) is 0 Å². The molecule has 0 saturated carbocycles. The number of hydrogen-bond acceptors (Lipinski definition) is 2. The molecule has 3 aromatic rings. The number of anilines is 1. The first-order valence-corrected chi connectivity index (χ1v) is 8.63. The monoisotopic (exact) mass is 385 g/mol. The van der Waals surface area contributed by atoms with E-state index in [0.29, 0.717) is 0 Å². The molecule has 0 aromatic heterocycles. The van der Waals surface area contributed by atoms with E-state index in [1.807, 2.05) is 36.4 Å². The quantitative estimate of drug-likeness (QED) is 0.611. The fourth-order valence-electron chi connectivity index (χ4n) is 2.64. The Kier molecular flexibility index (Phi) is 5.99. The van der Waals surface area contributed by atoms with Crippen molar-refractivity contribution >= 4 is 11.6 Å². The molecule has 1 amide bonds. The Morgan fingerprint density at radius 2 is 1.46 bits per heavy atom. The van der Waals surface area contributed by atoms with Gasteiger partial charge >= 0.3 is 6.18 Å². The molecule has 0 bridgehead atoms. The average Bonchev–Trinajstić information content (AvgIpc) is 2.67. The van der Waals surface area contributed by atoms with Crippen LogP contribution in [0.15, 0.2) is 78.9 Å². The van der Waals surface area contributed by atoms with Crippen molar-refractivity contribution in [1.82, 2.24) is 0 Å². The van der Waals surface area contributed by atoms with Crippen molar-refractivity contribution in [3.05, 3.63) is 95.6 Å². The molecule has 0 saturated heterocycles. The van der Waals surface area contributed by atoms with Crippen molar-refractivity contribution in [2.24, 2.45) is 0 Å². The van der Waals surface area contributed by atoms with E-state index in [0.717, 1.165) is 23.3 Å². The molecule has 3 rings (SSSR count). The van der Waals surface area contributed by atoms with Crippen LogP contribution in [0.4, 0.5) is 18.9 Å². The standard InChI is InChI=1S/C22H18F3NO2/c23-22(24,25)18-11-12-20(28-15-17-9-5-2-6-10-17)19(14-18)26-21(27)13-16-7-3-1-4-8-16/h1-12,14H,13,15H2,(H,26,27). The van der Waals surface area contributed by atoms with E-state index >= 15 is 0 Å². The maximum Gasteiger partial charge on any atom is 0.416 e. The van der Waals surface area contributed by atoms with E-state index in [2.05, 4.69) is 5.32 Å². The van der Waals surface area contributed by atoms with Gasteiger partial charge in [-0.25, -0.2) is 0 Å². The molecular weight excluding hydrogens is 367 g/mol.